The van der Waals surface area contributed by atoms with Crippen LogP contribution in [0.5, 0.6) is 0 Å². The van der Waals surface area contributed by atoms with E-state index in [2.05, 4.69) is 38.3 Å². The van der Waals surface area contributed by atoms with E-state index in [4.69, 9.17) is 19.7 Å². The summed E-state index contributed by atoms with van der Waals surface area (Å²) in [6.07, 6.45) is 2.85. The molecule has 9 heteroatoms. The first-order valence-corrected chi connectivity index (χ1v) is 13.0. The summed E-state index contributed by atoms with van der Waals surface area (Å²) >= 11 is 0. The minimum atomic E-state index is -0.466. The predicted octanol–water partition coefficient (Wildman–Crippen LogP) is 4.37. The molecule has 0 aromatic carbocycles. The van der Waals surface area contributed by atoms with Crippen molar-refractivity contribution in [2.45, 2.75) is 112 Å². The molecule has 0 spiro atoms. The van der Waals surface area contributed by atoms with Gasteiger partial charge in [-0.15, -0.1) is 0 Å². The van der Waals surface area contributed by atoms with Crippen molar-refractivity contribution in [2.75, 3.05) is 40.0 Å². The summed E-state index contributed by atoms with van der Waals surface area (Å²) in [4.78, 5) is 23.2. The van der Waals surface area contributed by atoms with E-state index in [1.807, 2.05) is 41.5 Å². The van der Waals surface area contributed by atoms with E-state index in [-0.39, 0.29) is 71.5 Å². The van der Waals surface area contributed by atoms with E-state index >= 15 is 0 Å². The molecule has 0 saturated carbocycles. The van der Waals surface area contributed by atoms with Gasteiger partial charge in [0.1, 0.15) is 0 Å². The van der Waals surface area contributed by atoms with E-state index < -0.39 is 5.60 Å². The quantitative estimate of drug-likeness (QED) is 0.176. The number of rotatable bonds is 16. The van der Waals surface area contributed by atoms with Crippen molar-refractivity contribution < 1.29 is 50.3 Å². The number of hydrogen-bond donors (Lipinski definition) is 4. The Balaban J connectivity index is -0.000000190. The van der Waals surface area contributed by atoms with Crippen LogP contribution in [0.1, 0.15) is 94.9 Å². The molecule has 0 bridgehead atoms. The third-order valence-electron chi connectivity index (χ3n) is 4.91. The van der Waals surface area contributed by atoms with Gasteiger partial charge in [0.2, 0.25) is 5.91 Å². The van der Waals surface area contributed by atoms with Crippen LogP contribution in [0.15, 0.2) is 0 Å². The van der Waals surface area contributed by atoms with Crippen LogP contribution in [0.4, 0.5) is 0 Å². The molecular formula is C28H62N2O6W. The average molecular weight is 707 g/mol. The average Bonchev–Trinajstić information content (AvgIpc) is 2.84. The van der Waals surface area contributed by atoms with E-state index in [0.717, 1.165) is 13.0 Å². The Kier molecular flexibility index (Phi) is 42.7. The van der Waals surface area contributed by atoms with Gasteiger partial charge in [-0.05, 0) is 40.0 Å². The molecule has 1 amide bonds. The molecule has 8 nitrogen and oxygen atoms in total. The van der Waals surface area contributed by atoms with Crippen LogP contribution in [-0.2, 0) is 40.1 Å². The zero-order valence-electron chi connectivity index (χ0n) is 26.2. The van der Waals surface area contributed by atoms with Gasteiger partial charge in [0.25, 0.3) is 0 Å². The molecule has 0 fully saturated rings. The second kappa shape index (κ2) is 31.8. The molecule has 1 unspecified atom stereocenters. The molecule has 0 aliphatic heterocycles. The SMILES string of the molecule is CC.CCC(C)C.CO.[CH2-]CC(C)(C)OCC(COC(C)(C)CCO)NCC(=O)NCC(=O)CC.[CH3-].[W+2]. The molecule has 4 N–H and O–H groups in total. The summed E-state index contributed by atoms with van der Waals surface area (Å²) in [5.41, 5.74) is -0.831. The number of Topliss-reactive ketones (excluding diaryl/α,β-unsaturated/α-hetero) is 1. The Morgan fingerprint density at radius 1 is 0.946 bits per heavy atom. The molecule has 0 heterocycles. The number of amides is 1. The molecule has 37 heavy (non-hydrogen) atoms. The summed E-state index contributed by atoms with van der Waals surface area (Å²) < 4.78 is 11.7. The maximum absolute atomic E-state index is 11.9. The third-order valence-corrected chi connectivity index (χ3v) is 4.91. The molecule has 0 saturated heterocycles. The van der Waals surface area contributed by atoms with Gasteiger partial charge >= 0.3 is 21.1 Å². The minimum absolute atomic E-state index is 0. The minimum Gasteiger partial charge on any atom is -0.400 e. The van der Waals surface area contributed by atoms with Crippen LogP contribution in [-0.4, -0.2) is 79.2 Å². The van der Waals surface area contributed by atoms with Crippen LogP contribution >= 0.6 is 0 Å². The molecule has 0 aromatic heterocycles. The van der Waals surface area contributed by atoms with Crippen molar-refractivity contribution in [1.29, 1.82) is 0 Å². The van der Waals surface area contributed by atoms with Gasteiger partial charge in [-0.3, -0.25) is 9.59 Å². The smallest absolute Gasteiger partial charge is 0.400 e. The Hall–Kier alpha value is -0.372. The maximum Gasteiger partial charge on any atom is 2.00 e. The van der Waals surface area contributed by atoms with Gasteiger partial charge < -0.3 is 44.7 Å². The van der Waals surface area contributed by atoms with Gasteiger partial charge in [-0.25, -0.2) is 0 Å². The van der Waals surface area contributed by atoms with Gasteiger partial charge in [-0.1, -0.05) is 48.0 Å². The largest absolute Gasteiger partial charge is 2.00 e. The second-order valence-electron chi connectivity index (χ2n) is 9.41. The number of carbonyl (C=O) groups is 2. The molecule has 0 aromatic rings. The normalized spacial score (nSPS) is 11.1. The van der Waals surface area contributed by atoms with Crippen molar-refractivity contribution in [1.82, 2.24) is 10.6 Å². The van der Waals surface area contributed by atoms with Gasteiger partial charge in [0.05, 0.1) is 37.9 Å². The Labute approximate surface area is 244 Å². The Morgan fingerprint density at radius 2 is 1.38 bits per heavy atom. The number of ketones is 1. The fraction of sp³-hybridized carbons (Fsp3) is 0.857. The van der Waals surface area contributed by atoms with Crippen molar-refractivity contribution in [3.05, 3.63) is 14.4 Å². The molecule has 0 aliphatic carbocycles. The van der Waals surface area contributed by atoms with E-state index in [1.165, 1.54) is 6.42 Å². The van der Waals surface area contributed by atoms with Crippen LogP contribution in [0.2, 0.25) is 0 Å². The van der Waals surface area contributed by atoms with E-state index in [0.29, 0.717) is 32.5 Å². The summed E-state index contributed by atoms with van der Waals surface area (Å²) in [5.74, 6) is 0.627. The topological polar surface area (TPSA) is 117 Å². The summed E-state index contributed by atoms with van der Waals surface area (Å²) in [6, 6.07) is -0.202. The third kappa shape index (κ3) is 37.8. The summed E-state index contributed by atoms with van der Waals surface area (Å²) in [5, 5.41) is 21.8. The maximum atomic E-state index is 11.9. The number of nitrogens with one attached hydrogen (secondary N) is 2. The van der Waals surface area contributed by atoms with Gasteiger partial charge in [0.15, 0.2) is 5.78 Å². The summed E-state index contributed by atoms with van der Waals surface area (Å²) in [6.45, 7) is 24.9. The van der Waals surface area contributed by atoms with E-state index in [9.17, 15) is 9.59 Å². The molecule has 0 radical (unpaired) electrons. The Bertz CT molecular complexity index is 489. The van der Waals surface area contributed by atoms with Crippen molar-refractivity contribution in [2.24, 2.45) is 5.92 Å². The number of aliphatic hydroxyl groups is 2. The van der Waals surface area contributed by atoms with E-state index in [1.54, 1.807) is 6.92 Å². The van der Waals surface area contributed by atoms with Crippen LogP contribution < -0.4 is 10.6 Å². The second-order valence-corrected chi connectivity index (χ2v) is 9.41. The summed E-state index contributed by atoms with van der Waals surface area (Å²) in [7, 11) is 1.00. The molecule has 226 valence electrons. The van der Waals surface area contributed by atoms with Gasteiger partial charge in [0, 0.05) is 25.7 Å². The number of ether oxygens (including phenoxy) is 2. The first-order chi connectivity index (χ1) is 16.3. The monoisotopic (exact) mass is 706 g/mol. The first-order valence-electron chi connectivity index (χ1n) is 13.0. The zero-order chi connectivity index (χ0) is 28.5. The zero-order valence-corrected chi connectivity index (χ0v) is 29.1. The van der Waals surface area contributed by atoms with Crippen molar-refractivity contribution in [3.63, 3.8) is 0 Å². The number of hydrogen-bond acceptors (Lipinski definition) is 7. The number of carbonyl (C=O) groups excluding carboxylic acids is 2. The molecular weight excluding hydrogens is 644 g/mol. The first kappa shape index (κ1) is 49.6. The van der Waals surface area contributed by atoms with Crippen molar-refractivity contribution >= 4 is 11.7 Å². The fourth-order valence-corrected chi connectivity index (χ4v) is 1.85. The number of aliphatic hydroxyl groups excluding tert-OH is 2. The van der Waals surface area contributed by atoms with Crippen LogP contribution in [0.3, 0.4) is 0 Å². The molecule has 0 rings (SSSR count). The molecule has 0 aliphatic rings. The van der Waals surface area contributed by atoms with Crippen molar-refractivity contribution in [3.8, 4) is 0 Å². The standard InChI is InChI=1S/C19H37N2O5.C5H12.C2H6.CH4O.CH3.W/c1-7-16(23)11-21-17(24)12-20-15(13-25-18(3,4)8-2)14-26-19(5,6)9-10-22;1-4-5(2)3;2*1-2;;/h15,20,22H,2,7-14H2,1,3-6H3,(H,21,24);5H,4H2,1-3H3;1-2H3;2H,1H3;1H3;/q-1;;;;-1;+2. The fourth-order valence-electron chi connectivity index (χ4n) is 1.85. The van der Waals surface area contributed by atoms with Crippen LogP contribution in [0, 0.1) is 20.3 Å². The predicted molar refractivity (Wildman–Crippen MR) is 153 cm³/mol. The van der Waals surface area contributed by atoms with Gasteiger partial charge in [-0.2, -0.15) is 6.42 Å². The molecule has 1 atom stereocenters. The van der Waals surface area contributed by atoms with Crippen LogP contribution in [0.25, 0.3) is 0 Å². The Morgan fingerprint density at radius 3 is 1.73 bits per heavy atom.